The van der Waals surface area contributed by atoms with Crippen molar-refractivity contribution in [2.75, 3.05) is 6.54 Å². The summed E-state index contributed by atoms with van der Waals surface area (Å²) in [6, 6.07) is 3.98. The molecule has 3 nitrogen and oxygen atoms in total. The third-order valence-electron chi connectivity index (χ3n) is 3.36. The Labute approximate surface area is 125 Å². The van der Waals surface area contributed by atoms with Crippen LogP contribution in [0, 0.1) is 11.6 Å². The van der Waals surface area contributed by atoms with E-state index in [-0.39, 0.29) is 6.04 Å². The lowest BCUT2D eigenvalue weighted by Gasteiger charge is -2.18. The second kappa shape index (κ2) is 5.91. The number of imidazole rings is 1. The minimum atomic E-state index is -0.818. The Kier molecular flexibility index (Phi) is 3.98. The Morgan fingerprint density at radius 2 is 2.24 bits per heavy atom. The summed E-state index contributed by atoms with van der Waals surface area (Å²) in [6.45, 7) is 2.61. The Morgan fingerprint density at radius 3 is 3.00 bits per heavy atom. The first-order chi connectivity index (χ1) is 10.2. The minimum Gasteiger partial charge on any atom is -0.310 e. The van der Waals surface area contributed by atoms with E-state index in [0.717, 1.165) is 16.7 Å². The number of halogens is 2. The van der Waals surface area contributed by atoms with Gasteiger partial charge in [0.05, 0.1) is 5.69 Å². The highest BCUT2D eigenvalue weighted by Gasteiger charge is 2.19. The Morgan fingerprint density at radius 1 is 1.38 bits per heavy atom. The topological polar surface area (TPSA) is 29.3 Å². The molecular weight excluding hydrogens is 292 g/mol. The van der Waals surface area contributed by atoms with E-state index < -0.39 is 11.6 Å². The van der Waals surface area contributed by atoms with Crippen molar-refractivity contribution in [3.63, 3.8) is 0 Å². The maximum Gasteiger partial charge on any atom is 0.193 e. The van der Waals surface area contributed by atoms with Crippen molar-refractivity contribution < 1.29 is 8.78 Å². The standard InChI is InChI=1S/C15H15F2N3S/c1-2-18-13(11-4-3-5-12(16)14(11)17)8-10-9-20-6-7-21-15(20)19-10/h3-7,9,13,18H,2,8H2,1H3. The molecule has 110 valence electrons. The summed E-state index contributed by atoms with van der Waals surface area (Å²) in [7, 11) is 0. The Bertz CT molecular complexity index is 722. The molecule has 2 aromatic heterocycles. The fourth-order valence-corrected chi connectivity index (χ4v) is 3.13. The van der Waals surface area contributed by atoms with Crippen LogP contribution in [-0.2, 0) is 6.42 Å². The molecule has 0 aliphatic heterocycles. The summed E-state index contributed by atoms with van der Waals surface area (Å²) in [5, 5.41) is 5.16. The summed E-state index contributed by atoms with van der Waals surface area (Å²) >= 11 is 1.55. The van der Waals surface area contributed by atoms with Gasteiger partial charge in [-0.15, -0.1) is 11.3 Å². The molecule has 3 rings (SSSR count). The van der Waals surface area contributed by atoms with E-state index in [2.05, 4.69) is 10.3 Å². The molecule has 2 heterocycles. The molecule has 1 N–H and O–H groups in total. The summed E-state index contributed by atoms with van der Waals surface area (Å²) in [5.74, 6) is -1.61. The summed E-state index contributed by atoms with van der Waals surface area (Å²) in [5.41, 5.74) is 1.20. The summed E-state index contributed by atoms with van der Waals surface area (Å²) < 4.78 is 29.3. The maximum atomic E-state index is 14.0. The largest absolute Gasteiger partial charge is 0.310 e. The van der Waals surface area contributed by atoms with Crippen LogP contribution in [0.4, 0.5) is 8.78 Å². The molecular formula is C15H15F2N3S. The van der Waals surface area contributed by atoms with Crippen LogP contribution in [0.15, 0.2) is 36.0 Å². The van der Waals surface area contributed by atoms with Crippen molar-refractivity contribution in [1.82, 2.24) is 14.7 Å². The first-order valence-electron chi connectivity index (χ1n) is 6.77. The molecule has 1 aromatic carbocycles. The normalized spacial score (nSPS) is 12.9. The third-order valence-corrected chi connectivity index (χ3v) is 4.13. The number of thiazole rings is 1. The lowest BCUT2D eigenvalue weighted by Crippen LogP contribution is -2.24. The van der Waals surface area contributed by atoms with Crippen molar-refractivity contribution in [3.8, 4) is 0 Å². The van der Waals surface area contributed by atoms with Crippen molar-refractivity contribution in [1.29, 1.82) is 0 Å². The van der Waals surface area contributed by atoms with Crippen LogP contribution in [-0.4, -0.2) is 15.9 Å². The molecule has 0 radical (unpaired) electrons. The highest BCUT2D eigenvalue weighted by atomic mass is 32.1. The van der Waals surface area contributed by atoms with Gasteiger partial charge in [0.2, 0.25) is 0 Å². The van der Waals surface area contributed by atoms with E-state index in [9.17, 15) is 8.78 Å². The first kappa shape index (κ1) is 14.2. The van der Waals surface area contributed by atoms with Crippen LogP contribution in [0.1, 0.15) is 24.2 Å². The summed E-state index contributed by atoms with van der Waals surface area (Å²) in [4.78, 5) is 5.40. The number of likely N-dealkylation sites (N-methyl/N-ethyl adjacent to an activating group) is 1. The second-order valence-corrected chi connectivity index (χ2v) is 5.66. The van der Waals surface area contributed by atoms with E-state index in [0.29, 0.717) is 18.5 Å². The zero-order chi connectivity index (χ0) is 14.8. The van der Waals surface area contributed by atoms with Gasteiger partial charge in [-0.25, -0.2) is 13.8 Å². The molecule has 1 unspecified atom stereocenters. The van der Waals surface area contributed by atoms with Crippen molar-refractivity contribution in [3.05, 3.63) is 58.9 Å². The molecule has 0 aliphatic carbocycles. The Balaban J connectivity index is 1.90. The monoisotopic (exact) mass is 307 g/mol. The lowest BCUT2D eigenvalue weighted by atomic mass is 10.0. The molecule has 0 aliphatic rings. The van der Waals surface area contributed by atoms with Crippen molar-refractivity contribution in [2.24, 2.45) is 0 Å². The average Bonchev–Trinajstić information content (AvgIpc) is 3.02. The van der Waals surface area contributed by atoms with Gasteiger partial charge in [-0.05, 0) is 12.6 Å². The van der Waals surface area contributed by atoms with E-state index in [1.807, 2.05) is 29.1 Å². The van der Waals surface area contributed by atoms with E-state index in [1.165, 1.54) is 6.07 Å². The SMILES string of the molecule is CCNC(Cc1cn2ccsc2n1)c1cccc(F)c1F. The molecule has 0 saturated heterocycles. The number of nitrogens with zero attached hydrogens (tertiary/aromatic N) is 2. The molecule has 0 fully saturated rings. The van der Waals surface area contributed by atoms with Crippen molar-refractivity contribution in [2.45, 2.75) is 19.4 Å². The highest BCUT2D eigenvalue weighted by Crippen LogP contribution is 2.23. The van der Waals surface area contributed by atoms with Gasteiger partial charge in [-0.1, -0.05) is 19.1 Å². The van der Waals surface area contributed by atoms with Crippen LogP contribution < -0.4 is 5.32 Å². The minimum absolute atomic E-state index is 0.296. The van der Waals surface area contributed by atoms with Gasteiger partial charge < -0.3 is 5.32 Å². The quantitative estimate of drug-likeness (QED) is 0.781. The molecule has 0 amide bonds. The zero-order valence-electron chi connectivity index (χ0n) is 11.5. The third kappa shape index (κ3) is 2.82. The number of hydrogen-bond acceptors (Lipinski definition) is 3. The molecule has 1 atom stereocenters. The smallest absolute Gasteiger partial charge is 0.193 e. The Hall–Kier alpha value is -1.79. The van der Waals surface area contributed by atoms with Gasteiger partial charge in [0, 0.05) is 35.8 Å². The number of hydrogen-bond donors (Lipinski definition) is 1. The zero-order valence-corrected chi connectivity index (χ0v) is 12.3. The van der Waals surface area contributed by atoms with E-state index in [1.54, 1.807) is 17.4 Å². The van der Waals surface area contributed by atoms with E-state index >= 15 is 0 Å². The van der Waals surface area contributed by atoms with Gasteiger partial charge in [0.15, 0.2) is 16.6 Å². The van der Waals surface area contributed by atoms with Crippen LogP contribution in [0.5, 0.6) is 0 Å². The molecule has 21 heavy (non-hydrogen) atoms. The van der Waals surface area contributed by atoms with Gasteiger partial charge in [0.25, 0.3) is 0 Å². The predicted octanol–water partition coefficient (Wildman–Crippen LogP) is 3.57. The number of rotatable bonds is 5. The van der Waals surface area contributed by atoms with Gasteiger partial charge in [-0.3, -0.25) is 4.40 Å². The van der Waals surface area contributed by atoms with Gasteiger partial charge in [-0.2, -0.15) is 0 Å². The van der Waals surface area contributed by atoms with Gasteiger partial charge >= 0.3 is 0 Å². The number of benzene rings is 1. The summed E-state index contributed by atoms with van der Waals surface area (Å²) in [6.07, 6.45) is 4.37. The average molecular weight is 307 g/mol. The second-order valence-electron chi connectivity index (χ2n) is 4.78. The van der Waals surface area contributed by atoms with Crippen LogP contribution in [0.2, 0.25) is 0 Å². The van der Waals surface area contributed by atoms with Crippen molar-refractivity contribution >= 4 is 16.3 Å². The molecule has 0 bridgehead atoms. The maximum absolute atomic E-state index is 14.0. The number of nitrogens with one attached hydrogen (secondary N) is 1. The lowest BCUT2D eigenvalue weighted by molar-refractivity contribution is 0.463. The van der Waals surface area contributed by atoms with Gasteiger partial charge in [0.1, 0.15) is 0 Å². The van der Waals surface area contributed by atoms with Crippen LogP contribution in [0.25, 0.3) is 4.96 Å². The fraction of sp³-hybridized carbons (Fsp3) is 0.267. The number of fused-ring (bicyclic) bond motifs is 1. The number of aromatic nitrogens is 2. The molecule has 6 heteroatoms. The molecule has 0 spiro atoms. The molecule has 0 saturated carbocycles. The predicted molar refractivity (Wildman–Crippen MR) is 79.5 cm³/mol. The van der Waals surface area contributed by atoms with E-state index in [4.69, 9.17) is 0 Å². The van der Waals surface area contributed by atoms with Crippen LogP contribution in [0.3, 0.4) is 0 Å². The van der Waals surface area contributed by atoms with Crippen LogP contribution >= 0.6 is 11.3 Å². The molecule has 3 aromatic rings. The highest BCUT2D eigenvalue weighted by molar-refractivity contribution is 7.15. The fourth-order valence-electron chi connectivity index (χ4n) is 2.41. The first-order valence-corrected chi connectivity index (χ1v) is 7.65.